The molecule has 3 rings (SSSR count). The molecule has 0 saturated carbocycles. The largest absolute Gasteiger partial charge is 0.463 e. The molecule has 1 aromatic heterocycles. The van der Waals surface area contributed by atoms with Crippen LogP contribution in [0, 0.1) is 6.92 Å². The summed E-state index contributed by atoms with van der Waals surface area (Å²) >= 11 is 0. The van der Waals surface area contributed by atoms with Crippen molar-refractivity contribution < 1.29 is 47.6 Å². The van der Waals surface area contributed by atoms with E-state index in [1.807, 2.05) is 19.1 Å². The van der Waals surface area contributed by atoms with Gasteiger partial charge < -0.3 is 28.4 Å². The number of aromatic amines is 1. The van der Waals surface area contributed by atoms with Crippen LogP contribution in [0.1, 0.15) is 63.4 Å². The molecule has 0 aliphatic carbocycles. The minimum atomic E-state index is -1.37. The zero-order chi connectivity index (χ0) is 29.4. The van der Waals surface area contributed by atoms with Gasteiger partial charge >= 0.3 is 23.9 Å². The molecule has 0 radical (unpaired) electrons. The van der Waals surface area contributed by atoms with Crippen LogP contribution in [0.4, 0.5) is 0 Å². The first-order valence-electron chi connectivity index (χ1n) is 13.1. The number of aryl methyl sites for hydroxylation is 2. The normalized spacial score (nSPS) is 22.2. The van der Waals surface area contributed by atoms with Crippen molar-refractivity contribution in [3.8, 4) is 5.88 Å². The molecule has 1 aromatic carbocycles. The van der Waals surface area contributed by atoms with Gasteiger partial charge in [0.1, 0.15) is 12.7 Å². The Balaban J connectivity index is 1.96. The number of nitrogens with one attached hydrogen (secondary N) is 1. The molecule has 5 atom stereocenters. The van der Waals surface area contributed by atoms with Crippen LogP contribution in [0.5, 0.6) is 5.88 Å². The number of nitrogens with zero attached hydrogens (tertiary/aromatic N) is 1. The van der Waals surface area contributed by atoms with Crippen LogP contribution < -0.4 is 4.74 Å². The van der Waals surface area contributed by atoms with Crippen LogP contribution in [0.2, 0.25) is 0 Å². The summed E-state index contributed by atoms with van der Waals surface area (Å²) in [7, 11) is 0. The Morgan fingerprint density at radius 3 is 2.00 bits per heavy atom. The van der Waals surface area contributed by atoms with E-state index in [-0.39, 0.29) is 12.5 Å². The van der Waals surface area contributed by atoms with Gasteiger partial charge in [0.2, 0.25) is 18.3 Å². The number of benzene rings is 1. The fraction of sp³-hybridized carbons (Fsp3) is 0.536. The monoisotopic (exact) mass is 560 g/mol. The number of ether oxygens (including phenoxy) is 6. The summed E-state index contributed by atoms with van der Waals surface area (Å²) < 4.78 is 33.6. The fourth-order valence-corrected chi connectivity index (χ4v) is 4.45. The average Bonchev–Trinajstić information content (AvgIpc) is 3.20. The van der Waals surface area contributed by atoms with E-state index in [1.165, 1.54) is 19.4 Å². The van der Waals surface area contributed by atoms with Gasteiger partial charge in [-0.05, 0) is 24.5 Å². The minimum absolute atomic E-state index is 0.177. The number of esters is 4. The van der Waals surface area contributed by atoms with Crippen molar-refractivity contribution in [3.63, 3.8) is 0 Å². The van der Waals surface area contributed by atoms with Gasteiger partial charge in [-0.2, -0.15) is 0 Å². The number of carbonyl (C=O) groups is 4. The third-order valence-corrected chi connectivity index (χ3v) is 6.15. The zero-order valence-corrected chi connectivity index (χ0v) is 23.6. The summed E-state index contributed by atoms with van der Waals surface area (Å²) in [5.41, 5.74) is 3.74. The lowest BCUT2D eigenvalue weighted by Gasteiger charge is -2.43. The van der Waals surface area contributed by atoms with Gasteiger partial charge in [-0.15, -0.1) is 5.10 Å². The summed E-state index contributed by atoms with van der Waals surface area (Å²) in [5, 5.41) is 7.17. The Labute approximate surface area is 232 Å². The number of hydrogen-bond donors (Lipinski definition) is 1. The van der Waals surface area contributed by atoms with Crippen LogP contribution in [0.25, 0.3) is 0 Å². The average molecular weight is 561 g/mol. The predicted molar refractivity (Wildman–Crippen MR) is 139 cm³/mol. The molecule has 1 aliphatic heterocycles. The Morgan fingerprint density at radius 2 is 1.43 bits per heavy atom. The summed E-state index contributed by atoms with van der Waals surface area (Å²) in [6, 6.07) is 8.23. The lowest BCUT2D eigenvalue weighted by molar-refractivity contribution is -0.289. The molecular weight excluding hydrogens is 524 g/mol. The highest BCUT2D eigenvalue weighted by molar-refractivity contribution is 5.68. The van der Waals surface area contributed by atoms with E-state index in [1.54, 1.807) is 0 Å². The van der Waals surface area contributed by atoms with Gasteiger partial charge in [-0.25, -0.2) is 0 Å². The summed E-state index contributed by atoms with van der Waals surface area (Å²) in [6.07, 6.45) is -3.92. The van der Waals surface area contributed by atoms with E-state index in [2.05, 4.69) is 29.3 Å². The van der Waals surface area contributed by atoms with Crippen LogP contribution in [-0.4, -0.2) is 71.4 Å². The highest BCUT2D eigenvalue weighted by Gasteiger charge is 2.53. The molecule has 0 spiro atoms. The number of rotatable bonds is 11. The minimum Gasteiger partial charge on any atom is -0.463 e. The van der Waals surface area contributed by atoms with Crippen molar-refractivity contribution >= 4 is 23.9 Å². The SMILES string of the molecule is CCCc1ccc(Cc2c(OC3O[C@H](COC(C)=O)[C@@H](OC(C)=O)[C@H](OC(C)=O)[C@H]3OC(C)=O)n[nH]c2C)cc1. The van der Waals surface area contributed by atoms with Crippen molar-refractivity contribution in [2.24, 2.45) is 0 Å². The molecule has 12 nitrogen and oxygen atoms in total. The third-order valence-electron chi connectivity index (χ3n) is 6.15. The van der Waals surface area contributed by atoms with E-state index in [0.717, 1.165) is 43.5 Å². The highest BCUT2D eigenvalue weighted by atomic mass is 16.7. The van der Waals surface area contributed by atoms with Gasteiger partial charge in [0.25, 0.3) is 0 Å². The molecule has 218 valence electrons. The Bertz CT molecular complexity index is 1190. The maximum atomic E-state index is 12.1. The van der Waals surface area contributed by atoms with Crippen LogP contribution in [0.15, 0.2) is 24.3 Å². The molecule has 0 amide bonds. The maximum absolute atomic E-state index is 12.1. The molecule has 1 saturated heterocycles. The van der Waals surface area contributed by atoms with E-state index in [0.29, 0.717) is 6.42 Å². The lowest BCUT2D eigenvalue weighted by Crippen LogP contribution is -2.63. The van der Waals surface area contributed by atoms with Crippen LogP contribution >= 0.6 is 0 Å². The van der Waals surface area contributed by atoms with Crippen molar-refractivity contribution in [1.82, 2.24) is 10.2 Å². The van der Waals surface area contributed by atoms with Gasteiger partial charge in [0.05, 0.1) is 0 Å². The zero-order valence-electron chi connectivity index (χ0n) is 23.6. The summed E-state index contributed by atoms with van der Waals surface area (Å²) in [5.74, 6) is -2.59. The van der Waals surface area contributed by atoms with Crippen LogP contribution in [0.3, 0.4) is 0 Å². The first-order chi connectivity index (χ1) is 19.0. The van der Waals surface area contributed by atoms with Crippen LogP contribution in [-0.2, 0) is 55.7 Å². The molecule has 12 heteroatoms. The number of H-pyrrole nitrogens is 1. The fourth-order valence-electron chi connectivity index (χ4n) is 4.45. The molecule has 1 fully saturated rings. The van der Waals surface area contributed by atoms with Crippen molar-refractivity contribution in [1.29, 1.82) is 0 Å². The molecular formula is C28H36N2O10. The van der Waals surface area contributed by atoms with Crippen molar-refractivity contribution in [2.45, 2.75) is 91.5 Å². The molecule has 2 aromatic rings. The first-order valence-corrected chi connectivity index (χ1v) is 13.1. The third kappa shape index (κ3) is 8.28. The molecule has 1 unspecified atom stereocenters. The van der Waals surface area contributed by atoms with E-state index in [4.69, 9.17) is 28.4 Å². The second-order valence-corrected chi connectivity index (χ2v) is 9.56. The summed E-state index contributed by atoms with van der Waals surface area (Å²) in [6.45, 7) is 8.30. The van der Waals surface area contributed by atoms with Gasteiger partial charge in [-0.1, -0.05) is 37.6 Å². The second kappa shape index (κ2) is 13.9. The van der Waals surface area contributed by atoms with Crippen molar-refractivity contribution in [3.05, 3.63) is 46.6 Å². The van der Waals surface area contributed by atoms with Crippen molar-refractivity contribution in [2.75, 3.05) is 6.61 Å². The van der Waals surface area contributed by atoms with E-state index >= 15 is 0 Å². The number of hydrogen-bond acceptors (Lipinski definition) is 11. The summed E-state index contributed by atoms with van der Waals surface area (Å²) in [4.78, 5) is 47.6. The second-order valence-electron chi connectivity index (χ2n) is 9.56. The Hall–Kier alpha value is -3.93. The van der Waals surface area contributed by atoms with E-state index in [9.17, 15) is 19.2 Å². The topological polar surface area (TPSA) is 152 Å². The molecule has 1 aliphatic rings. The molecule has 0 bridgehead atoms. The molecule has 1 N–H and O–H groups in total. The van der Waals surface area contributed by atoms with Gasteiger partial charge in [-0.3, -0.25) is 24.3 Å². The quantitative estimate of drug-likeness (QED) is 0.319. The first kappa shape index (κ1) is 30.6. The molecule has 40 heavy (non-hydrogen) atoms. The number of aromatic nitrogens is 2. The van der Waals surface area contributed by atoms with E-state index < -0.39 is 54.6 Å². The standard InChI is InChI=1S/C28H36N2O10/c1-7-8-20-9-11-21(12-10-20)13-22-15(2)29-30-27(22)40-28-26(38-19(6)34)25(37-18(5)33)24(36-17(4)32)23(39-28)14-35-16(3)31/h9-12,23-26,28H,7-8,13-14H2,1-6H3,(H,29,30)/t23-,24-,25+,26-,28?/m1/s1. The Kier molecular flexibility index (Phi) is 10.7. The lowest BCUT2D eigenvalue weighted by atomic mass is 9.98. The van der Waals surface area contributed by atoms with Gasteiger partial charge in [0.15, 0.2) is 12.2 Å². The van der Waals surface area contributed by atoms with Gasteiger partial charge in [0, 0.05) is 45.4 Å². The highest BCUT2D eigenvalue weighted by Crippen LogP contribution is 2.32. The number of carbonyl (C=O) groups excluding carboxylic acids is 4. The molecule has 2 heterocycles. The maximum Gasteiger partial charge on any atom is 0.303 e. The Morgan fingerprint density at radius 1 is 0.850 bits per heavy atom. The smallest absolute Gasteiger partial charge is 0.303 e. The predicted octanol–water partition coefficient (Wildman–Crippen LogP) is 2.72.